The highest BCUT2D eigenvalue weighted by Crippen LogP contribution is 2.22. The van der Waals surface area contributed by atoms with Gasteiger partial charge < -0.3 is 10.6 Å². The van der Waals surface area contributed by atoms with E-state index in [-0.39, 0.29) is 29.0 Å². The summed E-state index contributed by atoms with van der Waals surface area (Å²) in [6.07, 6.45) is 0. The molecule has 0 aliphatic heterocycles. The maximum atomic E-state index is 12.0. The average Bonchev–Trinajstić information content (AvgIpc) is 2.58. The molecule has 8 heteroatoms. The van der Waals surface area contributed by atoms with Gasteiger partial charge in [-0.25, -0.2) is 0 Å². The molecule has 2 N–H and O–H groups in total. The number of hydrogen-bond acceptors (Lipinski definition) is 5. The molecule has 0 atom stereocenters. The summed E-state index contributed by atoms with van der Waals surface area (Å²) in [5.74, 6) is -0.307. The third-order valence-corrected chi connectivity index (χ3v) is 4.44. The summed E-state index contributed by atoms with van der Waals surface area (Å²) in [4.78, 5) is 34.2. The quantitative estimate of drug-likeness (QED) is 0.571. The van der Waals surface area contributed by atoms with Gasteiger partial charge in [-0.05, 0) is 31.5 Å². The molecule has 2 rings (SSSR count). The van der Waals surface area contributed by atoms with E-state index in [1.807, 2.05) is 31.2 Å². The number of carbonyl (C=O) groups excluding carboxylic acids is 2. The lowest BCUT2D eigenvalue weighted by atomic mass is 10.2. The minimum absolute atomic E-state index is 0.0729. The van der Waals surface area contributed by atoms with E-state index in [1.165, 1.54) is 23.9 Å². The predicted molar refractivity (Wildman–Crippen MR) is 104 cm³/mol. The molecular formula is C18H19N3O4S. The van der Waals surface area contributed by atoms with Gasteiger partial charge in [-0.3, -0.25) is 19.7 Å². The van der Waals surface area contributed by atoms with Crippen molar-refractivity contribution < 1.29 is 14.5 Å². The van der Waals surface area contributed by atoms with E-state index in [9.17, 15) is 19.7 Å². The molecule has 0 spiro atoms. The van der Waals surface area contributed by atoms with E-state index in [0.29, 0.717) is 11.4 Å². The number of carbonyl (C=O) groups is 2. The Morgan fingerprint density at radius 3 is 2.23 bits per heavy atom. The summed E-state index contributed by atoms with van der Waals surface area (Å²) in [6.45, 7) is 3.71. The Morgan fingerprint density at radius 1 is 1.00 bits per heavy atom. The molecule has 0 aromatic heterocycles. The molecule has 2 amide bonds. The molecule has 0 saturated carbocycles. The second-order valence-electron chi connectivity index (χ2n) is 5.71. The number of nitro benzene ring substituents is 1. The average molecular weight is 373 g/mol. The number of aryl methyl sites for hydroxylation is 2. The molecule has 0 saturated heterocycles. The first-order valence-electron chi connectivity index (χ1n) is 7.84. The molecule has 2 aromatic rings. The van der Waals surface area contributed by atoms with Gasteiger partial charge in [0.15, 0.2) is 0 Å². The van der Waals surface area contributed by atoms with E-state index in [2.05, 4.69) is 10.6 Å². The lowest BCUT2D eigenvalue weighted by molar-refractivity contribution is -0.384. The fourth-order valence-electron chi connectivity index (χ4n) is 2.11. The molecule has 0 fully saturated rings. The summed E-state index contributed by atoms with van der Waals surface area (Å²) in [6, 6.07) is 11.7. The first-order chi connectivity index (χ1) is 12.3. The van der Waals surface area contributed by atoms with Crippen LogP contribution >= 0.6 is 11.8 Å². The van der Waals surface area contributed by atoms with E-state index in [1.54, 1.807) is 13.0 Å². The van der Waals surface area contributed by atoms with Crippen molar-refractivity contribution in [2.75, 3.05) is 22.1 Å². The van der Waals surface area contributed by atoms with Gasteiger partial charge in [0.1, 0.15) is 0 Å². The fraction of sp³-hybridized carbons (Fsp3) is 0.222. The van der Waals surface area contributed by atoms with Crippen LogP contribution in [0.25, 0.3) is 0 Å². The van der Waals surface area contributed by atoms with Crippen LogP contribution in [0.5, 0.6) is 0 Å². The number of amides is 2. The zero-order valence-corrected chi connectivity index (χ0v) is 15.3. The topological polar surface area (TPSA) is 101 Å². The van der Waals surface area contributed by atoms with Gasteiger partial charge in [-0.2, -0.15) is 0 Å². The largest absolute Gasteiger partial charge is 0.325 e. The van der Waals surface area contributed by atoms with Gasteiger partial charge in [0.05, 0.1) is 22.1 Å². The van der Waals surface area contributed by atoms with Crippen LogP contribution in [0.4, 0.5) is 17.1 Å². The number of thioether (sulfide) groups is 1. The van der Waals surface area contributed by atoms with Crippen LogP contribution in [0.1, 0.15) is 11.1 Å². The Bertz CT molecular complexity index is 822. The molecule has 0 aliphatic carbocycles. The van der Waals surface area contributed by atoms with Gasteiger partial charge in [-0.15, -0.1) is 11.8 Å². The standard InChI is InChI=1S/C18H19N3O4S/c1-12-3-6-14(7-4-12)19-17(22)10-26-11-18(23)20-16-9-15(21(24)25)8-5-13(16)2/h3-9H,10-11H2,1-2H3,(H,19,22)(H,20,23). The first-order valence-corrected chi connectivity index (χ1v) is 9.00. The summed E-state index contributed by atoms with van der Waals surface area (Å²) in [5, 5.41) is 16.2. The number of hydrogen-bond donors (Lipinski definition) is 2. The monoisotopic (exact) mass is 373 g/mol. The Hall–Kier alpha value is -2.87. The molecule has 7 nitrogen and oxygen atoms in total. The summed E-state index contributed by atoms with van der Waals surface area (Å²) in [7, 11) is 0. The summed E-state index contributed by atoms with van der Waals surface area (Å²) < 4.78 is 0. The number of nitrogens with one attached hydrogen (secondary N) is 2. The van der Waals surface area contributed by atoms with Crippen molar-refractivity contribution in [1.29, 1.82) is 0 Å². The number of nitro groups is 1. The van der Waals surface area contributed by atoms with Gasteiger partial charge in [0.25, 0.3) is 5.69 Å². The fourth-order valence-corrected chi connectivity index (χ4v) is 2.73. The maximum absolute atomic E-state index is 12.0. The molecule has 26 heavy (non-hydrogen) atoms. The van der Waals surface area contributed by atoms with Crippen molar-refractivity contribution in [3.8, 4) is 0 Å². The third kappa shape index (κ3) is 5.89. The zero-order valence-electron chi connectivity index (χ0n) is 14.4. The van der Waals surface area contributed by atoms with Crippen LogP contribution in [-0.4, -0.2) is 28.2 Å². The van der Waals surface area contributed by atoms with Crippen molar-refractivity contribution in [1.82, 2.24) is 0 Å². The number of anilines is 2. The lowest BCUT2D eigenvalue weighted by Gasteiger charge is -2.08. The van der Waals surface area contributed by atoms with Gasteiger partial charge >= 0.3 is 0 Å². The van der Waals surface area contributed by atoms with E-state index < -0.39 is 4.92 Å². The van der Waals surface area contributed by atoms with Crippen LogP contribution in [-0.2, 0) is 9.59 Å². The molecule has 136 valence electrons. The van der Waals surface area contributed by atoms with Crippen LogP contribution in [0, 0.1) is 24.0 Å². The van der Waals surface area contributed by atoms with Gasteiger partial charge in [0, 0.05) is 17.8 Å². The van der Waals surface area contributed by atoms with E-state index in [4.69, 9.17) is 0 Å². The van der Waals surface area contributed by atoms with Crippen LogP contribution in [0.2, 0.25) is 0 Å². The molecular weight excluding hydrogens is 354 g/mol. The van der Waals surface area contributed by atoms with E-state index in [0.717, 1.165) is 11.1 Å². The van der Waals surface area contributed by atoms with E-state index >= 15 is 0 Å². The van der Waals surface area contributed by atoms with Gasteiger partial charge in [-0.1, -0.05) is 23.8 Å². The zero-order chi connectivity index (χ0) is 19.1. The molecule has 2 aromatic carbocycles. The highest BCUT2D eigenvalue weighted by molar-refractivity contribution is 8.00. The van der Waals surface area contributed by atoms with Crippen LogP contribution in [0.3, 0.4) is 0 Å². The minimum atomic E-state index is -0.515. The highest BCUT2D eigenvalue weighted by Gasteiger charge is 2.12. The Kier molecular flexibility index (Phi) is 6.74. The number of non-ortho nitro benzene ring substituents is 1. The smallest absolute Gasteiger partial charge is 0.271 e. The lowest BCUT2D eigenvalue weighted by Crippen LogP contribution is -2.18. The maximum Gasteiger partial charge on any atom is 0.271 e. The molecule has 0 heterocycles. The Labute approximate surface area is 155 Å². The summed E-state index contributed by atoms with van der Waals surface area (Å²) >= 11 is 1.17. The number of nitrogens with zero attached hydrogens (tertiary/aromatic N) is 1. The van der Waals surface area contributed by atoms with Crippen LogP contribution in [0.15, 0.2) is 42.5 Å². The molecule has 0 unspecified atom stereocenters. The van der Waals surface area contributed by atoms with Crippen molar-refractivity contribution in [3.05, 3.63) is 63.7 Å². The molecule has 0 aliphatic rings. The van der Waals surface area contributed by atoms with Crippen molar-refractivity contribution in [3.63, 3.8) is 0 Å². The van der Waals surface area contributed by atoms with Crippen molar-refractivity contribution >= 4 is 40.6 Å². The predicted octanol–water partition coefficient (Wildman–Crippen LogP) is 3.52. The SMILES string of the molecule is Cc1ccc(NC(=O)CSCC(=O)Nc2cc([N+](=O)[O-])ccc2C)cc1. The highest BCUT2D eigenvalue weighted by atomic mass is 32.2. The van der Waals surface area contributed by atoms with Crippen molar-refractivity contribution in [2.24, 2.45) is 0 Å². The Balaban J connectivity index is 1.80. The molecule has 0 radical (unpaired) electrons. The molecule has 0 bridgehead atoms. The second kappa shape index (κ2) is 9.00. The Morgan fingerprint density at radius 2 is 1.62 bits per heavy atom. The second-order valence-corrected chi connectivity index (χ2v) is 6.70. The third-order valence-electron chi connectivity index (χ3n) is 3.51. The van der Waals surface area contributed by atoms with Crippen molar-refractivity contribution in [2.45, 2.75) is 13.8 Å². The first kappa shape index (κ1) is 19.5. The normalized spacial score (nSPS) is 10.2. The minimum Gasteiger partial charge on any atom is -0.325 e. The van der Waals surface area contributed by atoms with Gasteiger partial charge in [0.2, 0.25) is 11.8 Å². The van der Waals surface area contributed by atoms with Crippen LogP contribution < -0.4 is 10.6 Å². The summed E-state index contributed by atoms with van der Waals surface area (Å²) in [5.41, 5.74) is 2.85. The number of rotatable bonds is 7. The number of benzene rings is 2.